The predicted octanol–water partition coefficient (Wildman–Crippen LogP) is 4.68. The highest BCUT2D eigenvalue weighted by Gasteiger charge is 2.30. The molecule has 2 rings (SSSR count). The van der Waals surface area contributed by atoms with E-state index < -0.39 is 0 Å². The normalized spacial score (nSPS) is 22.4. The third-order valence-corrected chi connectivity index (χ3v) is 4.37. The van der Waals surface area contributed by atoms with Gasteiger partial charge in [-0.2, -0.15) is 0 Å². The van der Waals surface area contributed by atoms with Gasteiger partial charge >= 0.3 is 0 Å². The highest BCUT2D eigenvalue weighted by atomic mass is 16.3. The maximum atomic E-state index is 10.5. The Morgan fingerprint density at radius 1 is 1.35 bits per heavy atom. The van der Waals surface area contributed by atoms with E-state index in [4.69, 9.17) is 0 Å². The van der Waals surface area contributed by atoms with Crippen LogP contribution in [0.3, 0.4) is 0 Å². The summed E-state index contributed by atoms with van der Waals surface area (Å²) in [6.07, 6.45) is 5.02. The van der Waals surface area contributed by atoms with Gasteiger partial charge in [0.1, 0.15) is 11.5 Å². The molecule has 0 spiro atoms. The molecule has 1 aromatic carbocycles. The molecule has 0 heterocycles. The molecule has 0 aromatic heterocycles. The SMILES string of the molecule is C=C(C)[C@@H]1CCC(C)=C[C@H]1c1c(O)ccc(CC)c1O. The standard InChI is InChI=1S/C18H24O2/c1-5-13-7-9-16(19)17(18(13)20)15-10-12(4)6-8-14(15)11(2)3/h7,9-10,14-15,19-20H,2,5-6,8H2,1,3-4H3/t14-,15+/m0/s1. The van der Waals surface area contributed by atoms with E-state index in [1.807, 2.05) is 13.8 Å². The van der Waals surface area contributed by atoms with Gasteiger partial charge in [-0.05, 0) is 50.7 Å². The Morgan fingerprint density at radius 3 is 2.65 bits per heavy atom. The first-order valence-electron chi connectivity index (χ1n) is 7.32. The van der Waals surface area contributed by atoms with Crippen LogP contribution in [0, 0.1) is 5.92 Å². The Kier molecular flexibility index (Phi) is 4.22. The van der Waals surface area contributed by atoms with Crippen molar-refractivity contribution >= 4 is 0 Å². The molecule has 1 aliphatic carbocycles. The van der Waals surface area contributed by atoms with E-state index in [0.717, 1.165) is 30.4 Å². The van der Waals surface area contributed by atoms with Crippen molar-refractivity contribution < 1.29 is 10.2 Å². The van der Waals surface area contributed by atoms with E-state index in [0.29, 0.717) is 5.56 Å². The van der Waals surface area contributed by atoms with Gasteiger partial charge in [0.2, 0.25) is 0 Å². The lowest BCUT2D eigenvalue weighted by atomic mass is 9.73. The second-order valence-corrected chi connectivity index (χ2v) is 5.89. The van der Waals surface area contributed by atoms with Gasteiger partial charge in [0.05, 0.1) is 0 Å². The van der Waals surface area contributed by atoms with Gasteiger partial charge in [0.15, 0.2) is 0 Å². The fourth-order valence-electron chi connectivity index (χ4n) is 3.16. The molecule has 0 saturated heterocycles. The van der Waals surface area contributed by atoms with E-state index in [1.165, 1.54) is 5.57 Å². The van der Waals surface area contributed by atoms with Crippen LogP contribution >= 0.6 is 0 Å². The van der Waals surface area contributed by atoms with Crippen LogP contribution in [-0.2, 0) is 6.42 Å². The largest absolute Gasteiger partial charge is 0.508 e. The molecule has 1 aromatic rings. The summed E-state index contributed by atoms with van der Waals surface area (Å²) in [5, 5.41) is 20.7. The first-order valence-corrected chi connectivity index (χ1v) is 7.32. The third-order valence-electron chi connectivity index (χ3n) is 4.37. The second-order valence-electron chi connectivity index (χ2n) is 5.89. The summed E-state index contributed by atoms with van der Waals surface area (Å²) in [6, 6.07) is 3.49. The van der Waals surface area contributed by atoms with E-state index in [-0.39, 0.29) is 23.3 Å². The molecule has 0 radical (unpaired) electrons. The van der Waals surface area contributed by atoms with Crippen LogP contribution < -0.4 is 0 Å². The van der Waals surface area contributed by atoms with Gasteiger partial charge < -0.3 is 10.2 Å². The van der Waals surface area contributed by atoms with Crippen LogP contribution in [0.2, 0.25) is 0 Å². The van der Waals surface area contributed by atoms with Gasteiger partial charge in [-0.25, -0.2) is 0 Å². The number of phenolic OH excluding ortho intramolecular Hbond substituents is 2. The summed E-state index contributed by atoms with van der Waals surface area (Å²) in [4.78, 5) is 0. The zero-order valence-electron chi connectivity index (χ0n) is 12.6. The Labute approximate surface area is 121 Å². The molecular formula is C18H24O2. The number of rotatable bonds is 3. The van der Waals surface area contributed by atoms with Gasteiger partial charge in [-0.1, -0.05) is 36.8 Å². The minimum atomic E-state index is 0.0211. The molecule has 1 aliphatic rings. The quantitative estimate of drug-likeness (QED) is 0.785. The van der Waals surface area contributed by atoms with Crippen molar-refractivity contribution in [3.8, 4) is 11.5 Å². The van der Waals surface area contributed by atoms with E-state index in [2.05, 4.69) is 19.6 Å². The lowest BCUT2D eigenvalue weighted by Gasteiger charge is -2.31. The lowest BCUT2D eigenvalue weighted by molar-refractivity contribution is 0.404. The van der Waals surface area contributed by atoms with E-state index in [1.54, 1.807) is 12.1 Å². The second kappa shape index (κ2) is 5.74. The lowest BCUT2D eigenvalue weighted by Crippen LogP contribution is -2.17. The van der Waals surface area contributed by atoms with Crippen molar-refractivity contribution in [3.63, 3.8) is 0 Å². The Bertz CT molecular complexity index is 555. The summed E-state index contributed by atoms with van der Waals surface area (Å²) in [5.41, 5.74) is 3.97. The van der Waals surface area contributed by atoms with Crippen LogP contribution in [0.5, 0.6) is 11.5 Å². The third kappa shape index (κ3) is 2.60. The molecule has 0 bridgehead atoms. The van der Waals surface area contributed by atoms with Crippen LogP contribution in [0.25, 0.3) is 0 Å². The topological polar surface area (TPSA) is 40.5 Å². The fourth-order valence-corrected chi connectivity index (χ4v) is 3.16. The van der Waals surface area contributed by atoms with Crippen LogP contribution in [0.15, 0.2) is 35.9 Å². The van der Waals surface area contributed by atoms with Crippen molar-refractivity contribution in [1.29, 1.82) is 0 Å². The highest BCUT2D eigenvalue weighted by Crippen LogP contribution is 2.46. The summed E-state index contributed by atoms with van der Waals surface area (Å²) in [5.74, 6) is 0.729. The number of allylic oxidation sites excluding steroid dienone is 3. The average molecular weight is 272 g/mol. The highest BCUT2D eigenvalue weighted by molar-refractivity contribution is 5.53. The summed E-state index contributed by atoms with van der Waals surface area (Å²) in [7, 11) is 0. The van der Waals surface area contributed by atoms with Crippen molar-refractivity contribution in [2.24, 2.45) is 5.92 Å². The predicted molar refractivity (Wildman–Crippen MR) is 83.2 cm³/mol. The first-order chi connectivity index (χ1) is 9.45. The van der Waals surface area contributed by atoms with Gasteiger partial charge in [0, 0.05) is 11.5 Å². The van der Waals surface area contributed by atoms with Crippen molar-refractivity contribution in [3.05, 3.63) is 47.1 Å². The average Bonchev–Trinajstić information content (AvgIpc) is 2.38. The fraction of sp³-hybridized carbons (Fsp3) is 0.444. The minimum absolute atomic E-state index is 0.0211. The number of aryl methyl sites for hydroxylation is 1. The van der Waals surface area contributed by atoms with Crippen molar-refractivity contribution in [2.75, 3.05) is 0 Å². The maximum absolute atomic E-state index is 10.5. The molecule has 0 unspecified atom stereocenters. The van der Waals surface area contributed by atoms with Crippen LogP contribution in [-0.4, -0.2) is 10.2 Å². The smallest absolute Gasteiger partial charge is 0.126 e. The summed E-state index contributed by atoms with van der Waals surface area (Å²) in [6.45, 7) is 10.2. The van der Waals surface area contributed by atoms with Crippen molar-refractivity contribution in [2.45, 2.75) is 46.0 Å². The maximum Gasteiger partial charge on any atom is 0.126 e. The number of aromatic hydroxyl groups is 2. The van der Waals surface area contributed by atoms with Gasteiger partial charge in [-0.3, -0.25) is 0 Å². The van der Waals surface area contributed by atoms with Gasteiger partial charge in [-0.15, -0.1) is 0 Å². The molecule has 2 atom stereocenters. The van der Waals surface area contributed by atoms with Crippen LogP contribution in [0.4, 0.5) is 0 Å². The zero-order chi connectivity index (χ0) is 14.9. The molecule has 0 amide bonds. The Hall–Kier alpha value is -1.70. The van der Waals surface area contributed by atoms with E-state index >= 15 is 0 Å². The summed E-state index contributed by atoms with van der Waals surface area (Å²) >= 11 is 0. The molecule has 20 heavy (non-hydrogen) atoms. The molecule has 2 heteroatoms. The molecule has 0 saturated carbocycles. The molecular weight excluding hydrogens is 248 g/mol. The zero-order valence-corrected chi connectivity index (χ0v) is 12.6. The molecule has 0 aliphatic heterocycles. The first kappa shape index (κ1) is 14.7. The number of hydrogen-bond donors (Lipinski definition) is 2. The van der Waals surface area contributed by atoms with E-state index in [9.17, 15) is 10.2 Å². The molecule has 108 valence electrons. The Balaban J connectivity index is 2.57. The number of benzene rings is 1. The van der Waals surface area contributed by atoms with Crippen LogP contribution in [0.1, 0.15) is 50.7 Å². The monoisotopic (exact) mass is 272 g/mol. The molecule has 2 N–H and O–H groups in total. The minimum Gasteiger partial charge on any atom is -0.508 e. The summed E-state index contributed by atoms with van der Waals surface area (Å²) < 4.78 is 0. The van der Waals surface area contributed by atoms with Gasteiger partial charge in [0.25, 0.3) is 0 Å². The molecule has 0 fully saturated rings. The number of phenols is 2. The molecule has 2 nitrogen and oxygen atoms in total. The Morgan fingerprint density at radius 2 is 2.05 bits per heavy atom. The number of hydrogen-bond acceptors (Lipinski definition) is 2. The van der Waals surface area contributed by atoms with Crippen molar-refractivity contribution in [1.82, 2.24) is 0 Å².